The van der Waals surface area contributed by atoms with E-state index < -0.39 is 0 Å². The minimum absolute atomic E-state index is 0.584. The smallest absolute Gasteiger partial charge is 0.0697 e. The van der Waals surface area contributed by atoms with Crippen LogP contribution >= 0.6 is 45.2 Å². The summed E-state index contributed by atoms with van der Waals surface area (Å²) in [5, 5.41) is 0. The third-order valence-electron chi connectivity index (χ3n) is 2.61. The van der Waals surface area contributed by atoms with Gasteiger partial charge in [-0.05, 0) is 25.7 Å². The Morgan fingerprint density at radius 1 is 0.818 bits per heavy atom. The van der Waals surface area contributed by atoms with Crippen LogP contribution in [0.5, 0.6) is 0 Å². The molecular weight excluding hydrogens is 366 g/mol. The summed E-state index contributed by atoms with van der Waals surface area (Å²) in [4.78, 5) is 0. The van der Waals surface area contributed by atoms with Crippen molar-refractivity contribution in [2.45, 2.75) is 45.7 Å². The zero-order valence-electron chi connectivity index (χ0n) is 6.30. The molecule has 3 heteroatoms. The molecule has 4 unspecified atom stereocenters. The van der Waals surface area contributed by atoms with Gasteiger partial charge < -0.3 is 4.74 Å². The molecule has 2 fully saturated rings. The molecule has 0 aromatic heterocycles. The van der Waals surface area contributed by atoms with Gasteiger partial charge in [-0.1, -0.05) is 45.2 Å². The van der Waals surface area contributed by atoms with Crippen molar-refractivity contribution in [1.29, 1.82) is 0 Å². The summed E-state index contributed by atoms with van der Waals surface area (Å²) in [6.45, 7) is 0. The van der Waals surface area contributed by atoms with Gasteiger partial charge in [-0.2, -0.15) is 0 Å². The topological polar surface area (TPSA) is 9.23 Å². The summed E-state index contributed by atoms with van der Waals surface area (Å²) >= 11 is 5.08. The first-order chi connectivity index (χ1) is 5.27. The standard InChI is InChI=1S/C8H12I2O/c9-5-1-3-7-6(10)2-4-8(5)11-7/h5-8H,1-4H2. The van der Waals surface area contributed by atoms with Crippen molar-refractivity contribution in [3.8, 4) is 0 Å². The van der Waals surface area contributed by atoms with Crippen LogP contribution in [0.25, 0.3) is 0 Å². The van der Waals surface area contributed by atoms with Crippen LogP contribution in [-0.4, -0.2) is 20.1 Å². The van der Waals surface area contributed by atoms with E-state index in [2.05, 4.69) is 45.2 Å². The quantitative estimate of drug-likeness (QED) is 0.466. The van der Waals surface area contributed by atoms with E-state index in [1.54, 1.807) is 0 Å². The zero-order valence-corrected chi connectivity index (χ0v) is 10.6. The van der Waals surface area contributed by atoms with Crippen molar-refractivity contribution in [2.24, 2.45) is 0 Å². The number of alkyl halides is 2. The Bertz CT molecular complexity index is 135. The second kappa shape index (κ2) is 3.65. The maximum absolute atomic E-state index is 5.93. The second-order valence-electron chi connectivity index (χ2n) is 3.40. The molecule has 64 valence electrons. The molecule has 0 saturated carbocycles. The molecular formula is C8H12I2O. The predicted molar refractivity (Wildman–Crippen MR) is 62.7 cm³/mol. The molecule has 2 heterocycles. The molecule has 0 spiro atoms. The largest absolute Gasteiger partial charge is 0.373 e. The van der Waals surface area contributed by atoms with Crippen LogP contribution in [0.1, 0.15) is 25.7 Å². The van der Waals surface area contributed by atoms with E-state index in [0.717, 1.165) is 7.85 Å². The summed E-state index contributed by atoms with van der Waals surface area (Å²) in [5.41, 5.74) is 0. The van der Waals surface area contributed by atoms with Gasteiger partial charge in [-0.25, -0.2) is 0 Å². The van der Waals surface area contributed by atoms with E-state index in [9.17, 15) is 0 Å². The fourth-order valence-corrected chi connectivity index (χ4v) is 3.69. The molecule has 4 atom stereocenters. The van der Waals surface area contributed by atoms with Crippen LogP contribution in [0.2, 0.25) is 0 Å². The monoisotopic (exact) mass is 378 g/mol. The van der Waals surface area contributed by atoms with Crippen LogP contribution in [0.15, 0.2) is 0 Å². The Hall–Kier alpha value is 1.42. The highest BCUT2D eigenvalue weighted by Gasteiger charge is 2.36. The summed E-state index contributed by atoms with van der Waals surface area (Å²) in [6.07, 6.45) is 6.49. The lowest BCUT2D eigenvalue weighted by atomic mass is 9.92. The lowest BCUT2D eigenvalue weighted by Gasteiger charge is -2.41. The van der Waals surface area contributed by atoms with Crippen molar-refractivity contribution in [3.63, 3.8) is 0 Å². The summed E-state index contributed by atoms with van der Waals surface area (Å²) in [6, 6.07) is 0. The molecule has 0 radical (unpaired) electrons. The fourth-order valence-electron chi connectivity index (χ4n) is 1.91. The summed E-state index contributed by atoms with van der Waals surface area (Å²) in [5.74, 6) is 0. The van der Waals surface area contributed by atoms with E-state index >= 15 is 0 Å². The average molecular weight is 378 g/mol. The Morgan fingerprint density at radius 3 is 1.73 bits per heavy atom. The van der Waals surface area contributed by atoms with E-state index in [1.807, 2.05) is 0 Å². The van der Waals surface area contributed by atoms with Gasteiger partial charge in [0, 0.05) is 7.85 Å². The van der Waals surface area contributed by atoms with E-state index in [-0.39, 0.29) is 0 Å². The first-order valence-electron chi connectivity index (χ1n) is 4.21. The molecule has 11 heavy (non-hydrogen) atoms. The molecule has 2 aliphatic rings. The first kappa shape index (κ1) is 8.99. The van der Waals surface area contributed by atoms with Crippen molar-refractivity contribution in [2.75, 3.05) is 0 Å². The molecule has 0 aromatic rings. The third kappa shape index (κ3) is 1.85. The normalized spacial score (nSPS) is 50.7. The maximum Gasteiger partial charge on any atom is 0.0697 e. The molecule has 2 rings (SSSR count). The Labute approximate surface area is 94.9 Å². The minimum Gasteiger partial charge on any atom is -0.373 e. The fraction of sp³-hybridized carbons (Fsp3) is 1.00. The highest BCUT2D eigenvalue weighted by atomic mass is 127. The van der Waals surface area contributed by atoms with Gasteiger partial charge in [0.1, 0.15) is 0 Å². The Kier molecular flexibility index (Phi) is 2.99. The first-order valence-corrected chi connectivity index (χ1v) is 6.70. The molecule has 2 bridgehead atoms. The zero-order chi connectivity index (χ0) is 7.84. The lowest BCUT2D eigenvalue weighted by Crippen LogP contribution is -2.44. The van der Waals surface area contributed by atoms with Crippen LogP contribution in [0, 0.1) is 0 Å². The number of halogens is 2. The van der Waals surface area contributed by atoms with Crippen molar-refractivity contribution in [3.05, 3.63) is 0 Å². The SMILES string of the molecule is IC1CCC2OC1CCC2I. The molecule has 0 amide bonds. The van der Waals surface area contributed by atoms with Gasteiger partial charge in [0.05, 0.1) is 12.2 Å². The van der Waals surface area contributed by atoms with Crippen molar-refractivity contribution in [1.82, 2.24) is 0 Å². The maximum atomic E-state index is 5.93. The van der Waals surface area contributed by atoms with E-state index in [4.69, 9.17) is 4.74 Å². The predicted octanol–water partition coefficient (Wildman–Crippen LogP) is 2.94. The molecule has 0 aromatic carbocycles. The number of rotatable bonds is 0. The number of hydrogen-bond acceptors (Lipinski definition) is 1. The number of ether oxygens (including phenoxy) is 1. The second-order valence-corrected chi connectivity index (χ2v) is 6.60. The van der Waals surface area contributed by atoms with Crippen LogP contribution in [0.4, 0.5) is 0 Å². The molecule has 0 aliphatic carbocycles. The van der Waals surface area contributed by atoms with Crippen LogP contribution in [0.3, 0.4) is 0 Å². The molecule has 2 aliphatic heterocycles. The summed E-state index contributed by atoms with van der Waals surface area (Å²) < 4.78 is 7.50. The van der Waals surface area contributed by atoms with Crippen molar-refractivity contribution >= 4 is 45.2 Å². The highest BCUT2D eigenvalue weighted by Crippen LogP contribution is 2.37. The lowest BCUT2D eigenvalue weighted by molar-refractivity contribution is -0.0686. The Morgan fingerprint density at radius 2 is 1.27 bits per heavy atom. The Balaban J connectivity index is 2.02. The van der Waals surface area contributed by atoms with Crippen LogP contribution < -0.4 is 0 Å². The van der Waals surface area contributed by atoms with Crippen LogP contribution in [-0.2, 0) is 4.74 Å². The van der Waals surface area contributed by atoms with E-state index in [1.165, 1.54) is 25.7 Å². The van der Waals surface area contributed by atoms with Gasteiger partial charge in [0.2, 0.25) is 0 Å². The van der Waals surface area contributed by atoms with E-state index in [0.29, 0.717) is 12.2 Å². The van der Waals surface area contributed by atoms with Gasteiger partial charge in [-0.15, -0.1) is 0 Å². The minimum atomic E-state index is 0.584. The molecule has 0 N–H and O–H groups in total. The van der Waals surface area contributed by atoms with Gasteiger partial charge >= 0.3 is 0 Å². The third-order valence-corrected chi connectivity index (χ3v) is 5.46. The van der Waals surface area contributed by atoms with Crippen molar-refractivity contribution < 1.29 is 4.74 Å². The van der Waals surface area contributed by atoms with Gasteiger partial charge in [-0.3, -0.25) is 0 Å². The summed E-state index contributed by atoms with van der Waals surface area (Å²) in [7, 11) is 0. The van der Waals surface area contributed by atoms with Gasteiger partial charge in [0.15, 0.2) is 0 Å². The van der Waals surface area contributed by atoms with Gasteiger partial charge in [0.25, 0.3) is 0 Å². The average Bonchev–Trinajstić information content (AvgIpc) is 2.02. The number of hydrogen-bond donors (Lipinski definition) is 0. The molecule has 1 nitrogen and oxygen atoms in total. The number of fused-ring (bicyclic) bond motifs is 2. The highest BCUT2D eigenvalue weighted by molar-refractivity contribution is 14.1. The molecule has 2 saturated heterocycles.